The first-order valence-corrected chi connectivity index (χ1v) is 6.26. The van der Waals surface area contributed by atoms with Gasteiger partial charge < -0.3 is 9.88 Å². The van der Waals surface area contributed by atoms with Crippen molar-refractivity contribution in [3.8, 4) is 6.07 Å². The molecule has 0 fully saturated rings. The zero-order chi connectivity index (χ0) is 13.7. The van der Waals surface area contributed by atoms with Gasteiger partial charge in [-0.25, -0.2) is 9.97 Å². The third-order valence-electron chi connectivity index (χ3n) is 2.68. The first-order valence-electron chi connectivity index (χ1n) is 6.26. The third-order valence-corrected chi connectivity index (χ3v) is 2.68. The van der Waals surface area contributed by atoms with E-state index < -0.39 is 0 Å². The van der Waals surface area contributed by atoms with Gasteiger partial charge in [-0.05, 0) is 17.7 Å². The Balaban J connectivity index is 2.01. The zero-order valence-electron chi connectivity index (χ0n) is 11.2. The summed E-state index contributed by atoms with van der Waals surface area (Å²) in [5, 5.41) is 12.1. The molecule has 0 unspecified atom stereocenters. The van der Waals surface area contributed by atoms with Gasteiger partial charge in [-0.3, -0.25) is 0 Å². The Kier molecular flexibility index (Phi) is 4.26. The van der Waals surface area contributed by atoms with Gasteiger partial charge in [-0.2, -0.15) is 5.26 Å². The minimum Gasteiger partial charge on any atom is -0.333 e. The van der Waals surface area contributed by atoms with E-state index >= 15 is 0 Å². The molecule has 2 aromatic rings. The number of imidazole rings is 1. The summed E-state index contributed by atoms with van der Waals surface area (Å²) >= 11 is 0. The molecular weight excluding hydrogens is 238 g/mol. The molecule has 0 spiro atoms. The first-order chi connectivity index (χ1) is 9.17. The van der Waals surface area contributed by atoms with Crippen molar-refractivity contribution in [2.45, 2.75) is 33.0 Å². The number of hydrogen-bond donors (Lipinski definition) is 1. The largest absolute Gasteiger partial charge is 0.333 e. The van der Waals surface area contributed by atoms with Crippen LogP contribution in [0.3, 0.4) is 0 Å². The monoisotopic (exact) mass is 255 g/mol. The van der Waals surface area contributed by atoms with E-state index in [1.807, 2.05) is 29.2 Å². The Morgan fingerprint density at radius 1 is 1.42 bits per heavy atom. The lowest BCUT2D eigenvalue weighted by atomic mass is 10.2. The van der Waals surface area contributed by atoms with Crippen molar-refractivity contribution in [3.63, 3.8) is 0 Å². The number of aromatic nitrogens is 3. The molecular formula is C14H17N5. The van der Waals surface area contributed by atoms with E-state index in [0.29, 0.717) is 18.3 Å². The predicted molar refractivity (Wildman–Crippen MR) is 72.3 cm³/mol. The van der Waals surface area contributed by atoms with Gasteiger partial charge >= 0.3 is 0 Å². The Labute approximate surface area is 112 Å². The first kappa shape index (κ1) is 13.2. The second-order valence-corrected chi connectivity index (χ2v) is 4.73. The maximum atomic E-state index is 8.81. The molecule has 98 valence electrons. The fourth-order valence-corrected chi connectivity index (χ4v) is 1.74. The highest BCUT2D eigenvalue weighted by Gasteiger charge is 2.02. The highest BCUT2D eigenvalue weighted by atomic mass is 15.0. The summed E-state index contributed by atoms with van der Waals surface area (Å²) in [6.07, 6.45) is 5.48. The van der Waals surface area contributed by atoms with Crippen molar-refractivity contribution < 1.29 is 0 Å². The van der Waals surface area contributed by atoms with Crippen molar-refractivity contribution in [3.05, 3.63) is 47.8 Å². The lowest BCUT2D eigenvalue weighted by Gasteiger charge is -2.05. The van der Waals surface area contributed by atoms with Crippen LogP contribution in [0.1, 0.15) is 30.8 Å². The summed E-state index contributed by atoms with van der Waals surface area (Å²) in [5.41, 5.74) is 2.51. The van der Waals surface area contributed by atoms with Crippen LogP contribution in [-0.4, -0.2) is 20.6 Å². The lowest BCUT2D eigenvalue weighted by molar-refractivity contribution is 0.582. The molecule has 19 heavy (non-hydrogen) atoms. The van der Waals surface area contributed by atoms with E-state index in [4.69, 9.17) is 5.26 Å². The van der Waals surface area contributed by atoms with Crippen LogP contribution < -0.4 is 5.32 Å². The Hall–Kier alpha value is -2.19. The molecule has 0 radical (unpaired) electrons. The molecule has 2 rings (SSSR count). The van der Waals surface area contributed by atoms with E-state index in [1.165, 1.54) is 0 Å². The predicted octanol–water partition coefficient (Wildman–Crippen LogP) is 1.70. The smallest absolute Gasteiger partial charge is 0.140 e. The molecule has 0 bridgehead atoms. The molecule has 2 aromatic heterocycles. The molecule has 0 aliphatic rings. The summed E-state index contributed by atoms with van der Waals surface area (Å²) in [6, 6.07) is 6.20. The Bertz CT molecular complexity index is 580. The number of nitriles is 1. The van der Waals surface area contributed by atoms with Gasteiger partial charge in [-0.1, -0.05) is 13.8 Å². The summed E-state index contributed by atoms with van der Waals surface area (Å²) in [7, 11) is 0. The maximum Gasteiger partial charge on any atom is 0.140 e. The SMILES string of the molecule is CC(C)NCc1cn(Cc2ccnc(C#N)c2)cn1. The molecule has 0 atom stereocenters. The molecule has 2 heterocycles. The number of hydrogen-bond acceptors (Lipinski definition) is 4. The standard InChI is InChI=1S/C14H17N5/c1-11(2)17-7-14-9-19(10-18-14)8-12-3-4-16-13(5-12)6-15/h3-5,9-11,17H,7-8H2,1-2H3. The van der Waals surface area contributed by atoms with Crippen molar-refractivity contribution >= 4 is 0 Å². The van der Waals surface area contributed by atoms with Crippen LogP contribution in [0.15, 0.2) is 30.9 Å². The molecule has 5 nitrogen and oxygen atoms in total. The van der Waals surface area contributed by atoms with Gasteiger partial charge in [0.25, 0.3) is 0 Å². The number of nitrogens with one attached hydrogen (secondary N) is 1. The van der Waals surface area contributed by atoms with Gasteiger partial charge in [0.1, 0.15) is 11.8 Å². The van der Waals surface area contributed by atoms with E-state index in [0.717, 1.165) is 17.8 Å². The minimum atomic E-state index is 0.444. The Morgan fingerprint density at radius 2 is 2.26 bits per heavy atom. The van der Waals surface area contributed by atoms with Gasteiger partial charge in [0.05, 0.1) is 12.0 Å². The van der Waals surface area contributed by atoms with Crippen LogP contribution in [-0.2, 0) is 13.1 Å². The molecule has 5 heteroatoms. The molecule has 0 saturated heterocycles. The van der Waals surface area contributed by atoms with Crippen molar-refractivity contribution in [2.75, 3.05) is 0 Å². The minimum absolute atomic E-state index is 0.444. The highest BCUT2D eigenvalue weighted by molar-refractivity contribution is 5.25. The van der Waals surface area contributed by atoms with Gasteiger partial charge in [-0.15, -0.1) is 0 Å². The highest BCUT2D eigenvalue weighted by Crippen LogP contribution is 2.05. The normalized spacial score (nSPS) is 10.6. The van der Waals surface area contributed by atoms with Gasteiger partial charge in [0, 0.05) is 31.5 Å². The van der Waals surface area contributed by atoms with Gasteiger partial charge in [0.2, 0.25) is 0 Å². The van der Waals surface area contributed by atoms with Crippen LogP contribution in [0.25, 0.3) is 0 Å². The Morgan fingerprint density at radius 3 is 3.00 bits per heavy atom. The average molecular weight is 255 g/mol. The molecule has 0 aliphatic heterocycles. The van der Waals surface area contributed by atoms with Crippen LogP contribution in [0.2, 0.25) is 0 Å². The van der Waals surface area contributed by atoms with Crippen LogP contribution in [0.4, 0.5) is 0 Å². The molecule has 0 aliphatic carbocycles. The average Bonchev–Trinajstić information content (AvgIpc) is 2.84. The summed E-state index contributed by atoms with van der Waals surface area (Å²) in [4.78, 5) is 8.30. The third kappa shape index (κ3) is 3.90. The van der Waals surface area contributed by atoms with Crippen molar-refractivity contribution in [1.29, 1.82) is 5.26 Å². The maximum absolute atomic E-state index is 8.81. The van der Waals surface area contributed by atoms with Crippen molar-refractivity contribution in [2.24, 2.45) is 0 Å². The zero-order valence-corrected chi connectivity index (χ0v) is 11.2. The van der Waals surface area contributed by atoms with Gasteiger partial charge in [0.15, 0.2) is 0 Å². The topological polar surface area (TPSA) is 66.5 Å². The van der Waals surface area contributed by atoms with E-state index in [1.54, 1.807) is 12.3 Å². The summed E-state index contributed by atoms with van der Waals surface area (Å²) in [5.74, 6) is 0. The van der Waals surface area contributed by atoms with E-state index in [9.17, 15) is 0 Å². The lowest BCUT2D eigenvalue weighted by Crippen LogP contribution is -2.21. The van der Waals surface area contributed by atoms with E-state index in [-0.39, 0.29) is 0 Å². The van der Waals surface area contributed by atoms with E-state index in [2.05, 4.69) is 29.1 Å². The fraction of sp³-hybridized carbons (Fsp3) is 0.357. The molecule has 0 amide bonds. The summed E-state index contributed by atoms with van der Waals surface area (Å²) in [6.45, 7) is 5.69. The molecule has 1 N–H and O–H groups in total. The second kappa shape index (κ2) is 6.12. The van der Waals surface area contributed by atoms with Crippen molar-refractivity contribution in [1.82, 2.24) is 19.9 Å². The number of nitrogens with zero attached hydrogens (tertiary/aromatic N) is 4. The molecule has 0 saturated carbocycles. The number of rotatable bonds is 5. The number of pyridine rings is 1. The molecule has 0 aromatic carbocycles. The van der Waals surface area contributed by atoms with Crippen LogP contribution in [0, 0.1) is 11.3 Å². The fourth-order valence-electron chi connectivity index (χ4n) is 1.74. The second-order valence-electron chi connectivity index (χ2n) is 4.73. The van der Waals surface area contributed by atoms with Crippen LogP contribution in [0.5, 0.6) is 0 Å². The van der Waals surface area contributed by atoms with Crippen LogP contribution >= 0.6 is 0 Å². The summed E-state index contributed by atoms with van der Waals surface area (Å²) < 4.78 is 2.01. The quantitative estimate of drug-likeness (QED) is 0.883.